The third kappa shape index (κ3) is 10.5. The van der Waals surface area contributed by atoms with Gasteiger partial charge in [0.25, 0.3) is 0 Å². The molecule has 0 aromatic heterocycles. The zero-order valence-electron chi connectivity index (χ0n) is 12.3. The molecule has 0 rings (SSSR count). The van der Waals surface area contributed by atoms with Crippen molar-refractivity contribution in [3.63, 3.8) is 0 Å². The molecule has 0 saturated carbocycles. The van der Waals surface area contributed by atoms with Gasteiger partial charge in [0, 0.05) is 6.42 Å². The molecule has 0 heterocycles. The molecule has 0 atom stereocenters. The molecular formula is C15H28O4. The van der Waals surface area contributed by atoms with Gasteiger partial charge in [-0.15, -0.1) is 0 Å². The minimum Gasteiger partial charge on any atom is -0.481 e. The van der Waals surface area contributed by atoms with Crippen LogP contribution in [0.3, 0.4) is 0 Å². The van der Waals surface area contributed by atoms with E-state index in [0.29, 0.717) is 0 Å². The fraction of sp³-hybridized carbons (Fsp3) is 0.867. The highest BCUT2D eigenvalue weighted by Gasteiger charge is 2.25. The molecule has 0 spiro atoms. The smallest absolute Gasteiger partial charge is 0.309 e. The lowest BCUT2D eigenvalue weighted by Gasteiger charge is -2.18. The van der Waals surface area contributed by atoms with Crippen molar-refractivity contribution in [1.29, 1.82) is 0 Å². The monoisotopic (exact) mass is 272 g/mol. The van der Waals surface area contributed by atoms with Crippen LogP contribution in [-0.2, 0) is 9.59 Å². The second kappa shape index (κ2) is 9.82. The first kappa shape index (κ1) is 17.9. The predicted molar refractivity (Wildman–Crippen MR) is 75.2 cm³/mol. The van der Waals surface area contributed by atoms with Crippen LogP contribution < -0.4 is 0 Å². The van der Waals surface area contributed by atoms with E-state index in [4.69, 9.17) is 10.2 Å². The molecule has 0 aromatic rings. The third-order valence-corrected chi connectivity index (χ3v) is 3.52. The van der Waals surface area contributed by atoms with Crippen molar-refractivity contribution >= 4 is 11.9 Å². The van der Waals surface area contributed by atoms with E-state index in [1.165, 1.54) is 6.42 Å². The van der Waals surface area contributed by atoms with E-state index >= 15 is 0 Å². The third-order valence-electron chi connectivity index (χ3n) is 3.52. The van der Waals surface area contributed by atoms with Gasteiger partial charge in [0.2, 0.25) is 0 Å². The van der Waals surface area contributed by atoms with Crippen LogP contribution in [0.15, 0.2) is 0 Å². The Labute approximate surface area is 116 Å². The van der Waals surface area contributed by atoms with Gasteiger partial charge in [-0.1, -0.05) is 44.9 Å². The van der Waals surface area contributed by atoms with Crippen LogP contribution in [0.2, 0.25) is 0 Å². The Kier molecular flexibility index (Phi) is 9.27. The highest BCUT2D eigenvalue weighted by molar-refractivity contribution is 5.73. The van der Waals surface area contributed by atoms with Gasteiger partial charge < -0.3 is 10.2 Å². The maximum absolute atomic E-state index is 10.9. The lowest BCUT2D eigenvalue weighted by molar-refractivity contribution is -0.147. The van der Waals surface area contributed by atoms with Crippen LogP contribution in [0.4, 0.5) is 0 Å². The molecule has 0 unspecified atom stereocenters. The van der Waals surface area contributed by atoms with E-state index in [2.05, 4.69) is 0 Å². The van der Waals surface area contributed by atoms with Crippen LogP contribution in [0, 0.1) is 5.41 Å². The molecule has 0 saturated heterocycles. The topological polar surface area (TPSA) is 74.6 Å². The largest absolute Gasteiger partial charge is 0.481 e. The van der Waals surface area contributed by atoms with Crippen molar-refractivity contribution in [3.8, 4) is 0 Å². The van der Waals surface area contributed by atoms with E-state index in [0.717, 1.165) is 51.4 Å². The first-order valence-corrected chi connectivity index (χ1v) is 7.31. The second-order valence-electron chi connectivity index (χ2n) is 5.91. The summed E-state index contributed by atoms with van der Waals surface area (Å²) in [6.45, 7) is 3.55. The zero-order valence-corrected chi connectivity index (χ0v) is 12.3. The lowest BCUT2D eigenvalue weighted by Crippen LogP contribution is -2.23. The summed E-state index contributed by atoms with van der Waals surface area (Å²) < 4.78 is 0. The maximum atomic E-state index is 10.9. The van der Waals surface area contributed by atoms with Crippen molar-refractivity contribution in [3.05, 3.63) is 0 Å². The SMILES string of the molecule is CC(C)(CCCCCCCCCCC(=O)O)C(=O)O. The van der Waals surface area contributed by atoms with Gasteiger partial charge in [0.1, 0.15) is 0 Å². The molecular weight excluding hydrogens is 244 g/mol. The van der Waals surface area contributed by atoms with Crippen LogP contribution >= 0.6 is 0 Å². The summed E-state index contributed by atoms with van der Waals surface area (Å²) in [6, 6.07) is 0. The molecule has 0 aliphatic heterocycles. The van der Waals surface area contributed by atoms with E-state index in [1.807, 2.05) is 0 Å². The molecule has 2 N–H and O–H groups in total. The van der Waals surface area contributed by atoms with Crippen LogP contribution in [0.5, 0.6) is 0 Å². The first-order valence-electron chi connectivity index (χ1n) is 7.31. The Bertz CT molecular complexity index is 271. The van der Waals surface area contributed by atoms with Gasteiger partial charge in [0.15, 0.2) is 0 Å². The number of hydrogen-bond donors (Lipinski definition) is 2. The van der Waals surface area contributed by atoms with Crippen molar-refractivity contribution in [1.82, 2.24) is 0 Å². The minimum atomic E-state index is -0.717. The molecule has 0 radical (unpaired) electrons. The normalized spacial score (nSPS) is 11.5. The summed E-state index contributed by atoms with van der Waals surface area (Å²) in [5, 5.41) is 17.4. The van der Waals surface area contributed by atoms with Crippen LogP contribution in [0.1, 0.15) is 78.1 Å². The van der Waals surface area contributed by atoms with Gasteiger partial charge in [0.05, 0.1) is 5.41 Å². The van der Waals surface area contributed by atoms with Crippen molar-refractivity contribution < 1.29 is 19.8 Å². The number of carboxylic acid groups (broad SMARTS) is 2. The molecule has 0 aliphatic carbocycles. The Balaban J connectivity index is 3.28. The van der Waals surface area contributed by atoms with Crippen molar-refractivity contribution in [2.45, 2.75) is 78.1 Å². The van der Waals surface area contributed by atoms with Crippen molar-refractivity contribution in [2.75, 3.05) is 0 Å². The Morgan fingerprint density at radius 3 is 1.63 bits per heavy atom. The summed E-state index contributed by atoms with van der Waals surface area (Å²) in [5.41, 5.74) is -0.600. The average Bonchev–Trinajstić information content (AvgIpc) is 2.30. The molecule has 112 valence electrons. The summed E-state index contributed by atoms with van der Waals surface area (Å²) in [4.78, 5) is 21.2. The predicted octanol–water partition coefficient (Wildman–Crippen LogP) is 4.08. The number of carboxylic acids is 2. The number of aliphatic carboxylic acids is 2. The number of unbranched alkanes of at least 4 members (excludes halogenated alkanes) is 7. The molecule has 4 heteroatoms. The summed E-state index contributed by atoms with van der Waals surface area (Å²) in [7, 11) is 0. The van der Waals surface area contributed by atoms with Gasteiger partial charge in [-0.25, -0.2) is 0 Å². The zero-order chi connectivity index (χ0) is 14.7. The molecule has 0 amide bonds. The average molecular weight is 272 g/mol. The Morgan fingerprint density at radius 2 is 1.21 bits per heavy atom. The van der Waals surface area contributed by atoms with Gasteiger partial charge >= 0.3 is 11.9 Å². The molecule has 0 aliphatic rings. The van der Waals surface area contributed by atoms with E-state index < -0.39 is 17.4 Å². The van der Waals surface area contributed by atoms with Crippen molar-refractivity contribution in [2.24, 2.45) is 5.41 Å². The van der Waals surface area contributed by atoms with E-state index in [-0.39, 0.29) is 6.42 Å². The maximum Gasteiger partial charge on any atom is 0.309 e. The highest BCUT2D eigenvalue weighted by Crippen LogP contribution is 2.24. The highest BCUT2D eigenvalue weighted by atomic mass is 16.4. The number of hydrogen-bond acceptors (Lipinski definition) is 2. The van der Waals surface area contributed by atoms with Gasteiger partial charge in [-0.3, -0.25) is 9.59 Å². The van der Waals surface area contributed by atoms with Gasteiger partial charge in [-0.05, 0) is 26.7 Å². The van der Waals surface area contributed by atoms with Crippen LogP contribution in [0.25, 0.3) is 0 Å². The Morgan fingerprint density at radius 1 is 0.789 bits per heavy atom. The fourth-order valence-electron chi connectivity index (χ4n) is 2.01. The fourth-order valence-corrected chi connectivity index (χ4v) is 2.01. The van der Waals surface area contributed by atoms with E-state index in [1.54, 1.807) is 13.8 Å². The first-order chi connectivity index (χ1) is 8.86. The summed E-state index contributed by atoms with van der Waals surface area (Å²) >= 11 is 0. The molecule has 0 bridgehead atoms. The molecule has 0 fully saturated rings. The lowest BCUT2D eigenvalue weighted by atomic mass is 9.87. The summed E-state index contributed by atoms with van der Waals surface area (Å²) in [5.74, 6) is -1.42. The quantitative estimate of drug-likeness (QED) is 0.525. The van der Waals surface area contributed by atoms with Crippen LogP contribution in [-0.4, -0.2) is 22.2 Å². The molecule has 4 nitrogen and oxygen atoms in total. The Hall–Kier alpha value is -1.06. The van der Waals surface area contributed by atoms with Gasteiger partial charge in [-0.2, -0.15) is 0 Å². The standard InChI is InChI=1S/C15H28O4/c1-15(2,14(18)19)12-10-8-6-4-3-5-7-9-11-13(16)17/h3-12H2,1-2H3,(H,16,17)(H,18,19). The molecule has 0 aromatic carbocycles. The summed E-state index contributed by atoms with van der Waals surface area (Å²) in [6.07, 6.45) is 9.43. The second-order valence-corrected chi connectivity index (χ2v) is 5.91. The van der Waals surface area contributed by atoms with E-state index in [9.17, 15) is 9.59 Å². The minimum absolute atomic E-state index is 0.282. The number of rotatable bonds is 12. The molecule has 19 heavy (non-hydrogen) atoms. The number of carbonyl (C=O) groups is 2.